The van der Waals surface area contributed by atoms with Gasteiger partial charge in [-0.3, -0.25) is 14.5 Å². The van der Waals surface area contributed by atoms with Crippen molar-refractivity contribution in [2.75, 3.05) is 38.2 Å². The second-order valence-electron chi connectivity index (χ2n) is 8.04. The monoisotopic (exact) mass is 442 g/mol. The van der Waals surface area contributed by atoms with Crippen molar-refractivity contribution in [1.82, 2.24) is 15.2 Å². The summed E-state index contributed by atoms with van der Waals surface area (Å²) in [5.41, 5.74) is 3.85. The Hall–Kier alpha value is -3.01. The summed E-state index contributed by atoms with van der Waals surface area (Å²) in [6, 6.07) is 4.14. The number of hydrogen-bond donors (Lipinski definition) is 4. The maximum absolute atomic E-state index is 13.7. The van der Waals surface area contributed by atoms with Gasteiger partial charge in [-0.05, 0) is 43.7 Å². The van der Waals surface area contributed by atoms with E-state index >= 15 is 0 Å². The fraction of sp³-hybridized carbons (Fsp3) is 0.391. The van der Waals surface area contributed by atoms with Crippen LogP contribution in [0.5, 0.6) is 0 Å². The van der Waals surface area contributed by atoms with E-state index in [2.05, 4.69) is 15.6 Å². The number of aryl methyl sites for hydroxylation is 1. The highest BCUT2D eigenvalue weighted by atomic mass is 19.1. The number of H-pyrrole nitrogens is 1. The van der Waals surface area contributed by atoms with Gasteiger partial charge in [0.2, 0.25) is 0 Å². The van der Waals surface area contributed by atoms with Crippen LogP contribution in [-0.2, 0) is 9.53 Å². The van der Waals surface area contributed by atoms with Crippen molar-refractivity contribution in [3.8, 4) is 0 Å². The zero-order chi connectivity index (χ0) is 22.8. The molecule has 0 saturated carbocycles. The number of ether oxygens (including phenoxy) is 1. The molecule has 32 heavy (non-hydrogen) atoms. The number of anilines is 1. The van der Waals surface area contributed by atoms with E-state index in [4.69, 9.17) is 4.74 Å². The van der Waals surface area contributed by atoms with Crippen molar-refractivity contribution >= 4 is 29.2 Å². The molecule has 0 radical (unpaired) electrons. The standard InChI is InChI=1S/C23H27FN4O4/c1-13-19(12-17-16-11-15(24)3-4-18(16)27-22(17)30)26-14(2)21(13)23(31)25-6-5-20(29)28-7-9-32-10-8-28/h3-4,11-12,20,26,29H,5-10H2,1-2H3,(H,25,31)(H,27,30). The molecule has 0 bridgehead atoms. The molecule has 2 amide bonds. The van der Waals surface area contributed by atoms with Crippen molar-refractivity contribution in [2.24, 2.45) is 0 Å². The molecule has 4 rings (SSSR count). The fourth-order valence-electron chi connectivity index (χ4n) is 4.17. The van der Waals surface area contributed by atoms with E-state index in [1.165, 1.54) is 18.2 Å². The van der Waals surface area contributed by atoms with Crippen LogP contribution in [0.3, 0.4) is 0 Å². The van der Waals surface area contributed by atoms with Gasteiger partial charge in [0, 0.05) is 48.7 Å². The summed E-state index contributed by atoms with van der Waals surface area (Å²) in [7, 11) is 0. The highest BCUT2D eigenvalue weighted by Crippen LogP contribution is 2.34. The number of rotatable bonds is 6. The predicted octanol–water partition coefficient (Wildman–Crippen LogP) is 2.03. The molecule has 2 aliphatic rings. The molecule has 170 valence electrons. The second-order valence-corrected chi connectivity index (χ2v) is 8.04. The van der Waals surface area contributed by atoms with E-state index in [1.807, 2.05) is 4.90 Å². The van der Waals surface area contributed by atoms with Gasteiger partial charge in [-0.15, -0.1) is 0 Å². The molecule has 0 spiro atoms. The molecule has 1 unspecified atom stereocenters. The van der Waals surface area contributed by atoms with Gasteiger partial charge in [0.1, 0.15) is 12.0 Å². The van der Waals surface area contributed by atoms with Crippen LogP contribution in [0.4, 0.5) is 10.1 Å². The van der Waals surface area contributed by atoms with Gasteiger partial charge in [0.25, 0.3) is 11.8 Å². The third-order valence-corrected chi connectivity index (χ3v) is 5.91. The van der Waals surface area contributed by atoms with Crippen molar-refractivity contribution in [2.45, 2.75) is 26.5 Å². The molecule has 2 aromatic rings. The first-order valence-electron chi connectivity index (χ1n) is 10.7. The molecule has 1 aromatic carbocycles. The molecule has 3 heterocycles. The van der Waals surface area contributed by atoms with Gasteiger partial charge < -0.3 is 25.5 Å². The first-order chi connectivity index (χ1) is 15.3. The Morgan fingerprint density at radius 3 is 2.84 bits per heavy atom. The normalized spacial score (nSPS) is 18.5. The maximum atomic E-state index is 13.7. The summed E-state index contributed by atoms with van der Waals surface area (Å²) >= 11 is 0. The largest absolute Gasteiger partial charge is 0.379 e. The summed E-state index contributed by atoms with van der Waals surface area (Å²) in [5.74, 6) is -0.998. The Kier molecular flexibility index (Phi) is 6.40. The van der Waals surface area contributed by atoms with Gasteiger partial charge in [-0.25, -0.2) is 4.39 Å². The minimum atomic E-state index is -0.630. The summed E-state index contributed by atoms with van der Waals surface area (Å²) in [5, 5.41) is 15.9. The molecule has 0 aliphatic carbocycles. The van der Waals surface area contributed by atoms with Crippen LogP contribution in [0, 0.1) is 19.7 Å². The Labute approximate surface area is 185 Å². The third kappa shape index (κ3) is 4.45. The number of amides is 2. The lowest BCUT2D eigenvalue weighted by molar-refractivity contribution is -0.110. The molecule has 1 saturated heterocycles. The average molecular weight is 442 g/mol. The first kappa shape index (κ1) is 22.2. The number of morpholine rings is 1. The van der Waals surface area contributed by atoms with Crippen molar-refractivity contribution < 1.29 is 23.8 Å². The highest BCUT2D eigenvalue weighted by molar-refractivity contribution is 6.34. The van der Waals surface area contributed by atoms with Gasteiger partial charge >= 0.3 is 0 Å². The number of aliphatic hydroxyl groups is 1. The van der Waals surface area contributed by atoms with Gasteiger partial charge in [-0.1, -0.05) is 0 Å². The quantitative estimate of drug-likeness (QED) is 0.513. The van der Waals surface area contributed by atoms with E-state index in [-0.39, 0.29) is 11.8 Å². The smallest absolute Gasteiger partial charge is 0.256 e. The average Bonchev–Trinajstić information content (AvgIpc) is 3.23. The zero-order valence-electron chi connectivity index (χ0n) is 18.1. The summed E-state index contributed by atoms with van der Waals surface area (Å²) in [6.45, 7) is 6.44. The Balaban J connectivity index is 1.46. The lowest BCUT2D eigenvalue weighted by Crippen LogP contribution is -2.44. The lowest BCUT2D eigenvalue weighted by Gasteiger charge is -2.31. The summed E-state index contributed by atoms with van der Waals surface area (Å²) in [6.07, 6.45) is 1.42. The van der Waals surface area contributed by atoms with Crippen LogP contribution in [0.1, 0.15) is 39.3 Å². The van der Waals surface area contributed by atoms with Crippen molar-refractivity contribution in [3.05, 3.63) is 52.1 Å². The number of benzene rings is 1. The number of aliphatic hydroxyl groups excluding tert-OH is 1. The van der Waals surface area contributed by atoms with Crippen LogP contribution in [0.25, 0.3) is 11.6 Å². The Bertz CT molecular complexity index is 1070. The highest BCUT2D eigenvalue weighted by Gasteiger charge is 2.26. The third-order valence-electron chi connectivity index (χ3n) is 5.91. The molecule has 9 heteroatoms. The number of nitrogens with zero attached hydrogens (tertiary/aromatic N) is 1. The zero-order valence-corrected chi connectivity index (χ0v) is 18.1. The Morgan fingerprint density at radius 1 is 1.34 bits per heavy atom. The van der Waals surface area contributed by atoms with Crippen LogP contribution in [-0.4, -0.2) is 65.9 Å². The fourth-order valence-corrected chi connectivity index (χ4v) is 4.17. The van der Waals surface area contributed by atoms with Crippen molar-refractivity contribution in [1.29, 1.82) is 0 Å². The number of nitrogens with one attached hydrogen (secondary N) is 3. The molecule has 8 nitrogen and oxygen atoms in total. The van der Waals surface area contributed by atoms with E-state index in [9.17, 15) is 19.1 Å². The molecule has 2 aliphatic heterocycles. The van der Waals surface area contributed by atoms with Crippen LogP contribution >= 0.6 is 0 Å². The predicted molar refractivity (Wildman–Crippen MR) is 119 cm³/mol. The number of carbonyl (C=O) groups is 2. The van der Waals surface area contributed by atoms with Gasteiger partial charge in [0.05, 0.1) is 24.4 Å². The summed E-state index contributed by atoms with van der Waals surface area (Å²) in [4.78, 5) is 30.3. The number of aromatic nitrogens is 1. The maximum Gasteiger partial charge on any atom is 0.256 e. The molecule has 4 N–H and O–H groups in total. The van der Waals surface area contributed by atoms with Gasteiger partial charge in [-0.2, -0.15) is 0 Å². The van der Waals surface area contributed by atoms with E-state index in [0.717, 1.165) is 0 Å². The Morgan fingerprint density at radius 2 is 2.09 bits per heavy atom. The van der Waals surface area contributed by atoms with Crippen LogP contribution < -0.4 is 10.6 Å². The number of carbonyl (C=O) groups excluding carboxylic acids is 2. The van der Waals surface area contributed by atoms with Crippen molar-refractivity contribution in [3.63, 3.8) is 0 Å². The molecule has 1 fully saturated rings. The molecular formula is C23H27FN4O4. The number of hydrogen-bond acceptors (Lipinski definition) is 5. The van der Waals surface area contributed by atoms with Crippen LogP contribution in [0.2, 0.25) is 0 Å². The summed E-state index contributed by atoms with van der Waals surface area (Å²) < 4.78 is 19.0. The van der Waals surface area contributed by atoms with E-state index < -0.39 is 12.0 Å². The second kappa shape index (κ2) is 9.23. The SMILES string of the molecule is Cc1[nH]c(C=C2C(=O)Nc3ccc(F)cc32)c(C)c1C(=O)NCCC(O)N1CCOCC1. The number of fused-ring (bicyclic) bond motifs is 1. The number of aromatic amines is 1. The number of halogens is 1. The van der Waals surface area contributed by atoms with Gasteiger partial charge in [0.15, 0.2) is 0 Å². The topological polar surface area (TPSA) is 107 Å². The molecule has 1 aromatic heterocycles. The van der Waals surface area contributed by atoms with E-state index in [1.54, 1.807) is 19.9 Å². The minimum absolute atomic E-state index is 0.252. The lowest BCUT2D eigenvalue weighted by atomic mass is 10.0. The minimum Gasteiger partial charge on any atom is -0.379 e. The molecule has 1 atom stereocenters. The van der Waals surface area contributed by atoms with Crippen LogP contribution in [0.15, 0.2) is 18.2 Å². The first-order valence-corrected chi connectivity index (χ1v) is 10.7. The molecular weight excluding hydrogens is 415 g/mol. The van der Waals surface area contributed by atoms with E-state index in [0.29, 0.717) is 78.6 Å².